The highest BCUT2D eigenvalue weighted by Crippen LogP contribution is 2.32. The lowest BCUT2D eigenvalue weighted by atomic mass is 9.94. The van der Waals surface area contributed by atoms with Gasteiger partial charge in [0.15, 0.2) is 0 Å². The Kier molecular flexibility index (Phi) is 39.4. The van der Waals surface area contributed by atoms with Gasteiger partial charge < -0.3 is 33.3 Å². The molecule has 71 heavy (non-hydrogen) atoms. The number of cyclic esters (lactones) is 1. The highest BCUT2D eigenvalue weighted by molar-refractivity contribution is 5.69. The molecular formula is C62H111NO8. The van der Waals surface area contributed by atoms with Crippen molar-refractivity contribution in [1.82, 2.24) is 4.90 Å². The van der Waals surface area contributed by atoms with Gasteiger partial charge in [-0.15, -0.1) is 0 Å². The average molecular weight is 999 g/mol. The van der Waals surface area contributed by atoms with Gasteiger partial charge >= 0.3 is 11.9 Å². The quantitative estimate of drug-likeness (QED) is 0.0477. The zero-order chi connectivity index (χ0) is 50.7. The van der Waals surface area contributed by atoms with Gasteiger partial charge in [0.1, 0.15) is 24.9 Å². The lowest BCUT2D eigenvalue weighted by Gasteiger charge is -2.28. The van der Waals surface area contributed by atoms with Gasteiger partial charge in [-0.3, -0.25) is 9.59 Å². The number of benzene rings is 1. The molecule has 0 saturated carbocycles. The van der Waals surface area contributed by atoms with E-state index in [0.29, 0.717) is 44.5 Å². The normalized spacial score (nSPS) is 21.4. The molecule has 0 amide bonds. The molecule has 0 spiro atoms. The summed E-state index contributed by atoms with van der Waals surface area (Å²) in [5.41, 5.74) is 1.22. The Morgan fingerprint density at radius 2 is 1.01 bits per heavy atom. The maximum absolute atomic E-state index is 13.8. The van der Waals surface area contributed by atoms with Crippen LogP contribution in [0.4, 0.5) is 0 Å². The summed E-state index contributed by atoms with van der Waals surface area (Å²) in [6.45, 7) is 15.0. The molecule has 9 nitrogen and oxygen atoms in total. The molecule has 2 fully saturated rings. The third-order valence-electron chi connectivity index (χ3n) is 15.2. The summed E-state index contributed by atoms with van der Waals surface area (Å²) in [5, 5.41) is 0. The van der Waals surface area contributed by atoms with Crippen molar-refractivity contribution in [1.29, 1.82) is 0 Å². The van der Waals surface area contributed by atoms with E-state index in [1.165, 1.54) is 134 Å². The Labute approximate surface area is 437 Å². The number of carbonyl (C=O) groups excluding carboxylic acids is 2. The molecule has 1 aromatic rings. The summed E-state index contributed by atoms with van der Waals surface area (Å²) >= 11 is 0. The SMILES string of the molecule is CCCCCCCCC(CCCCCC)COC1C2OC(=O)CCCCCCN(CCCCOCc3ccccc3)CCCCCCC(=O)OC[C@@H](O2)[C@@H]1OCC(CCCCCC)CCCCCCCC. The predicted octanol–water partition coefficient (Wildman–Crippen LogP) is 16.5. The molecule has 2 heterocycles. The Morgan fingerprint density at radius 1 is 0.535 bits per heavy atom. The van der Waals surface area contributed by atoms with Crippen LogP contribution in [0.5, 0.6) is 0 Å². The molecule has 2 aliphatic heterocycles. The number of rotatable bonds is 37. The maximum Gasteiger partial charge on any atom is 0.308 e. The van der Waals surface area contributed by atoms with Crippen LogP contribution in [0.15, 0.2) is 30.3 Å². The van der Waals surface area contributed by atoms with E-state index in [1.807, 2.05) is 6.07 Å². The molecule has 9 heteroatoms. The van der Waals surface area contributed by atoms with Crippen LogP contribution in [0.25, 0.3) is 0 Å². The second kappa shape index (κ2) is 44.3. The maximum atomic E-state index is 13.8. The van der Waals surface area contributed by atoms with E-state index in [0.717, 1.165) is 116 Å². The number of fused-ring (bicyclic) bond motifs is 2. The molecule has 412 valence electrons. The van der Waals surface area contributed by atoms with Crippen molar-refractivity contribution in [3.63, 3.8) is 0 Å². The van der Waals surface area contributed by atoms with Crippen molar-refractivity contribution < 1.29 is 38.0 Å². The zero-order valence-corrected chi connectivity index (χ0v) is 46.7. The van der Waals surface area contributed by atoms with Crippen molar-refractivity contribution in [2.45, 2.75) is 290 Å². The number of nitrogens with zero attached hydrogens (tertiary/aromatic N) is 1. The van der Waals surface area contributed by atoms with Gasteiger partial charge in [-0.2, -0.15) is 0 Å². The number of hydrogen-bond acceptors (Lipinski definition) is 9. The molecule has 0 aliphatic carbocycles. The molecule has 0 N–H and O–H groups in total. The van der Waals surface area contributed by atoms with E-state index in [-0.39, 0.29) is 18.5 Å². The standard InChI is InChI=1S/C62H111NO8/c1-5-9-13-17-19-28-42-55(40-26-15-11-7-3)51-68-60-57-53-67-58(64)44-32-21-23-34-46-63(48-36-37-49-66-50-54-38-30-25-31-39-54)47-35-24-22-33-45-59(65)71-62(70-57)61(60)69-52-56(41-27-16-12-8-4)43-29-20-18-14-10-6-2/h25,30-31,38-39,55-57,60-62H,5-24,26-29,32-37,40-53H2,1-4H3/t55?,56?,57-,60+,61?,62?/m1/s1. The number of ether oxygens (including phenoxy) is 6. The molecule has 3 rings (SSSR count). The van der Waals surface area contributed by atoms with Crippen LogP contribution in [-0.4, -0.2) is 87.5 Å². The van der Waals surface area contributed by atoms with Crippen molar-refractivity contribution in [2.75, 3.05) is 46.1 Å². The summed E-state index contributed by atoms with van der Waals surface area (Å²) in [7, 11) is 0. The van der Waals surface area contributed by atoms with Gasteiger partial charge in [-0.05, 0) is 101 Å². The van der Waals surface area contributed by atoms with Gasteiger partial charge in [0, 0.05) is 19.4 Å². The smallest absolute Gasteiger partial charge is 0.308 e. The first-order valence-corrected chi connectivity index (χ1v) is 30.5. The summed E-state index contributed by atoms with van der Waals surface area (Å²) in [6.07, 6.45) is 38.2. The monoisotopic (exact) mass is 998 g/mol. The Balaban J connectivity index is 1.73. The summed E-state index contributed by atoms with van der Waals surface area (Å²) in [4.78, 5) is 29.7. The third kappa shape index (κ3) is 32.1. The first-order valence-electron chi connectivity index (χ1n) is 30.5. The number of esters is 2. The number of unbranched alkanes of at least 4 members (excludes halogenated alkanes) is 17. The van der Waals surface area contributed by atoms with E-state index >= 15 is 0 Å². The van der Waals surface area contributed by atoms with Gasteiger partial charge in [0.2, 0.25) is 6.29 Å². The fourth-order valence-electron chi connectivity index (χ4n) is 10.6. The van der Waals surface area contributed by atoms with Crippen LogP contribution in [0, 0.1) is 11.8 Å². The fourth-order valence-corrected chi connectivity index (χ4v) is 10.6. The van der Waals surface area contributed by atoms with E-state index in [1.54, 1.807) is 0 Å². The van der Waals surface area contributed by atoms with Crippen LogP contribution in [-0.2, 0) is 44.6 Å². The Morgan fingerprint density at radius 3 is 1.56 bits per heavy atom. The third-order valence-corrected chi connectivity index (χ3v) is 15.2. The number of hydrogen-bond donors (Lipinski definition) is 0. The van der Waals surface area contributed by atoms with Gasteiger partial charge in [0.05, 0.1) is 19.8 Å². The zero-order valence-electron chi connectivity index (χ0n) is 46.7. The van der Waals surface area contributed by atoms with Gasteiger partial charge in [-0.25, -0.2) is 0 Å². The lowest BCUT2D eigenvalue weighted by molar-refractivity contribution is -0.198. The average Bonchev–Trinajstić information content (AvgIpc) is 3.70. The van der Waals surface area contributed by atoms with E-state index in [4.69, 9.17) is 28.4 Å². The lowest BCUT2D eigenvalue weighted by Crippen LogP contribution is -2.42. The minimum absolute atomic E-state index is 0.0699. The summed E-state index contributed by atoms with van der Waals surface area (Å²) in [6, 6.07) is 10.4. The largest absolute Gasteiger partial charge is 0.463 e. The predicted molar refractivity (Wildman–Crippen MR) is 294 cm³/mol. The van der Waals surface area contributed by atoms with Crippen LogP contribution in [0.1, 0.15) is 264 Å². The van der Waals surface area contributed by atoms with Gasteiger partial charge in [-0.1, -0.05) is 212 Å². The van der Waals surface area contributed by atoms with E-state index < -0.39 is 24.6 Å². The highest BCUT2D eigenvalue weighted by atomic mass is 16.7. The number of carbonyl (C=O) groups is 2. The minimum Gasteiger partial charge on any atom is -0.463 e. The van der Waals surface area contributed by atoms with Crippen molar-refractivity contribution in [3.8, 4) is 0 Å². The second-order valence-corrected chi connectivity index (χ2v) is 21.8. The van der Waals surface area contributed by atoms with Crippen molar-refractivity contribution in [3.05, 3.63) is 35.9 Å². The highest BCUT2D eigenvalue weighted by Gasteiger charge is 2.49. The van der Waals surface area contributed by atoms with Crippen molar-refractivity contribution >= 4 is 11.9 Å². The summed E-state index contributed by atoms with van der Waals surface area (Å²) < 4.78 is 39.0. The van der Waals surface area contributed by atoms with Crippen LogP contribution in [0.2, 0.25) is 0 Å². The molecule has 0 radical (unpaired) electrons. The molecule has 2 bridgehead atoms. The molecule has 6 atom stereocenters. The Hall–Kier alpha value is -2.04. The molecule has 2 saturated heterocycles. The van der Waals surface area contributed by atoms with E-state index in [2.05, 4.69) is 56.9 Å². The van der Waals surface area contributed by atoms with Crippen LogP contribution < -0.4 is 0 Å². The van der Waals surface area contributed by atoms with Crippen molar-refractivity contribution in [2.24, 2.45) is 11.8 Å². The molecule has 1 aromatic carbocycles. The first-order chi connectivity index (χ1) is 35.0. The molecule has 0 aromatic heterocycles. The van der Waals surface area contributed by atoms with E-state index in [9.17, 15) is 9.59 Å². The molecule has 4 unspecified atom stereocenters. The Bertz CT molecular complexity index is 1360. The first kappa shape index (κ1) is 63.3. The van der Waals surface area contributed by atoms with Crippen LogP contribution >= 0.6 is 0 Å². The summed E-state index contributed by atoms with van der Waals surface area (Å²) in [5.74, 6) is 0.413. The molecule has 2 aliphatic rings. The second-order valence-electron chi connectivity index (χ2n) is 21.8. The fraction of sp³-hybridized carbons (Fsp3) is 0.871. The topological polar surface area (TPSA) is 92.8 Å². The van der Waals surface area contributed by atoms with Gasteiger partial charge in [0.25, 0.3) is 0 Å². The minimum atomic E-state index is -0.904. The van der Waals surface area contributed by atoms with Crippen LogP contribution in [0.3, 0.4) is 0 Å². The molecular weight excluding hydrogens is 887 g/mol.